The van der Waals surface area contributed by atoms with E-state index in [1.807, 2.05) is 30.5 Å². The van der Waals surface area contributed by atoms with Gasteiger partial charge < -0.3 is 26.7 Å². The molecule has 170 valence electrons. The Labute approximate surface area is 187 Å². The highest BCUT2D eigenvalue weighted by Gasteiger charge is 2.45. The third-order valence-corrected chi connectivity index (χ3v) is 6.38. The van der Waals surface area contributed by atoms with Crippen molar-refractivity contribution in [2.45, 2.75) is 37.4 Å². The van der Waals surface area contributed by atoms with Gasteiger partial charge in [-0.3, -0.25) is 19.2 Å². The van der Waals surface area contributed by atoms with Gasteiger partial charge in [-0.25, -0.2) is 4.68 Å². The third kappa shape index (κ3) is 3.39. The van der Waals surface area contributed by atoms with Gasteiger partial charge >= 0.3 is 0 Å². The monoisotopic (exact) mass is 450 g/mol. The molecule has 0 bridgehead atoms. The summed E-state index contributed by atoms with van der Waals surface area (Å²) in [5, 5.41) is 11.4. The Hall–Kier alpha value is -4.22. The van der Waals surface area contributed by atoms with Gasteiger partial charge in [0.15, 0.2) is 11.4 Å². The Bertz CT molecular complexity index is 1290. The van der Waals surface area contributed by atoms with E-state index in [2.05, 4.69) is 20.6 Å². The van der Waals surface area contributed by atoms with Crippen LogP contribution in [0.25, 0.3) is 10.9 Å². The fourth-order valence-electron chi connectivity index (χ4n) is 4.81. The number of fused-ring (bicyclic) bond motifs is 2. The van der Waals surface area contributed by atoms with Crippen molar-refractivity contribution in [1.82, 2.24) is 30.2 Å². The summed E-state index contributed by atoms with van der Waals surface area (Å²) in [6.45, 7) is 0.288. The van der Waals surface area contributed by atoms with Crippen LogP contribution in [0.5, 0.6) is 0 Å². The molecule has 6 N–H and O–H groups in total. The Kier molecular flexibility index (Phi) is 4.84. The average molecular weight is 450 g/mol. The molecule has 4 amide bonds. The maximum absolute atomic E-state index is 13.2. The minimum Gasteiger partial charge on any atom is -0.364 e. The van der Waals surface area contributed by atoms with E-state index >= 15 is 0 Å². The molecule has 1 aromatic carbocycles. The summed E-state index contributed by atoms with van der Waals surface area (Å²) >= 11 is 0. The van der Waals surface area contributed by atoms with Crippen molar-refractivity contribution < 1.29 is 19.2 Å². The normalized spacial score (nSPS) is 22.8. The third-order valence-electron chi connectivity index (χ3n) is 6.38. The molecule has 2 saturated heterocycles. The molecule has 0 radical (unpaired) electrons. The number of nitrogens with one attached hydrogen (secondary N) is 2. The first kappa shape index (κ1) is 20.7. The van der Waals surface area contributed by atoms with Crippen molar-refractivity contribution in [3.8, 4) is 0 Å². The van der Waals surface area contributed by atoms with Gasteiger partial charge in [-0.1, -0.05) is 23.4 Å². The number of piperidine rings is 1. The lowest BCUT2D eigenvalue weighted by Gasteiger charge is -2.44. The zero-order valence-electron chi connectivity index (χ0n) is 17.5. The van der Waals surface area contributed by atoms with Crippen LogP contribution in [0, 0.1) is 0 Å². The Morgan fingerprint density at radius 2 is 1.94 bits per heavy atom. The minimum atomic E-state index is -0.918. The van der Waals surface area contributed by atoms with E-state index in [1.165, 1.54) is 4.68 Å². The number of nitrogens with two attached hydrogens (primary N) is 2. The summed E-state index contributed by atoms with van der Waals surface area (Å²) in [6, 6.07) is 5.94. The first-order valence-electron chi connectivity index (χ1n) is 10.6. The van der Waals surface area contributed by atoms with E-state index in [0.29, 0.717) is 12.8 Å². The van der Waals surface area contributed by atoms with Crippen LogP contribution in [-0.2, 0) is 16.0 Å². The van der Waals surface area contributed by atoms with Crippen molar-refractivity contribution in [1.29, 1.82) is 0 Å². The van der Waals surface area contributed by atoms with Crippen LogP contribution in [0.15, 0.2) is 30.5 Å². The number of primary amides is 2. The van der Waals surface area contributed by atoms with Gasteiger partial charge in [0.1, 0.15) is 12.1 Å². The second-order valence-electron chi connectivity index (χ2n) is 8.31. The number of H-pyrrole nitrogens is 1. The van der Waals surface area contributed by atoms with Crippen LogP contribution in [0.1, 0.15) is 45.4 Å². The first-order valence-corrected chi connectivity index (χ1v) is 10.6. The lowest BCUT2D eigenvalue weighted by atomic mass is 9.91. The van der Waals surface area contributed by atoms with Crippen LogP contribution in [0.2, 0.25) is 0 Å². The number of nitrogens with zero attached hydrogens (tertiary/aromatic N) is 4. The van der Waals surface area contributed by atoms with Gasteiger partial charge in [-0.2, -0.15) is 0 Å². The maximum Gasteiger partial charge on any atom is 0.271 e. The Morgan fingerprint density at radius 1 is 1.15 bits per heavy atom. The number of amides is 4. The van der Waals surface area contributed by atoms with Gasteiger partial charge in [-0.05, 0) is 24.5 Å². The van der Waals surface area contributed by atoms with Crippen molar-refractivity contribution in [2.75, 3.05) is 6.54 Å². The van der Waals surface area contributed by atoms with Gasteiger partial charge in [0, 0.05) is 30.1 Å². The molecule has 4 heterocycles. The second-order valence-corrected chi connectivity index (χ2v) is 8.31. The van der Waals surface area contributed by atoms with E-state index < -0.39 is 29.9 Å². The molecule has 3 aromatic rings. The van der Waals surface area contributed by atoms with Crippen LogP contribution in [0.4, 0.5) is 0 Å². The number of hydrogen-bond acceptors (Lipinski definition) is 6. The van der Waals surface area contributed by atoms with E-state index in [4.69, 9.17) is 11.5 Å². The second kappa shape index (κ2) is 7.73. The molecule has 12 nitrogen and oxygen atoms in total. The zero-order chi connectivity index (χ0) is 23.3. The SMILES string of the molecule is NC(=O)c1nnn([C@H]2CCN3C(=O)[C@@H](Cc4c[nH]c5ccccc45)NC(=O)[C@@H]3C2)c1C(N)=O. The molecule has 33 heavy (non-hydrogen) atoms. The minimum absolute atomic E-state index is 0.158. The van der Waals surface area contributed by atoms with Crippen LogP contribution in [0.3, 0.4) is 0 Å². The molecule has 0 aliphatic carbocycles. The van der Waals surface area contributed by atoms with E-state index in [0.717, 1.165) is 16.5 Å². The summed E-state index contributed by atoms with van der Waals surface area (Å²) in [6.07, 6.45) is 2.85. The zero-order valence-corrected chi connectivity index (χ0v) is 17.5. The topological polar surface area (TPSA) is 182 Å². The quantitative estimate of drug-likeness (QED) is 0.396. The molecular weight excluding hydrogens is 428 g/mol. The average Bonchev–Trinajstić information content (AvgIpc) is 3.42. The predicted molar refractivity (Wildman–Crippen MR) is 115 cm³/mol. The summed E-state index contributed by atoms with van der Waals surface area (Å²) in [5.74, 6) is -2.24. The maximum atomic E-state index is 13.2. The number of rotatable bonds is 5. The highest BCUT2D eigenvalue weighted by molar-refractivity contribution is 6.03. The summed E-state index contributed by atoms with van der Waals surface area (Å²) < 4.78 is 1.25. The fraction of sp³-hybridized carbons (Fsp3) is 0.333. The van der Waals surface area contributed by atoms with Gasteiger partial charge in [0.25, 0.3) is 11.8 Å². The van der Waals surface area contributed by atoms with Crippen molar-refractivity contribution in [3.63, 3.8) is 0 Å². The Balaban J connectivity index is 1.36. The molecule has 0 unspecified atom stereocenters. The predicted octanol–water partition coefficient (Wildman–Crippen LogP) is -0.770. The van der Waals surface area contributed by atoms with E-state index in [-0.39, 0.29) is 36.2 Å². The van der Waals surface area contributed by atoms with Crippen molar-refractivity contribution in [2.24, 2.45) is 11.5 Å². The number of piperazine rings is 1. The van der Waals surface area contributed by atoms with Crippen LogP contribution < -0.4 is 16.8 Å². The molecule has 2 aliphatic rings. The van der Waals surface area contributed by atoms with Crippen LogP contribution >= 0.6 is 0 Å². The molecule has 0 saturated carbocycles. The highest BCUT2D eigenvalue weighted by atomic mass is 16.2. The van der Waals surface area contributed by atoms with Crippen molar-refractivity contribution in [3.05, 3.63) is 47.4 Å². The number of aromatic nitrogens is 4. The van der Waals surface area contributed by atoms with Crippen molar-refractivity contribution >= 4 is 34.5 Å². The molecule has 2 fully saturated rings. The molecule has 5 rings (SSSR count). The van der Waals surface area contributed by atoms with E-state index in [9.17, 15) is 19.2 Å². The number of para-hydroxylation sites is 1. The lowest BCUT2D eigenvalue weighted by Crippen LogP contribution is -2.65. The molecular formula is C21H22N8O4. The molecule has 12 heteroatoms. The standard InChI is InChI=1S/C21H22N8O4/c22-18(30)16-17(19(23)31)29(27-26-16)11-5-6-28-15(8-11)20(32)25-14(21(28)33)7-10-9-24-13-4-2-1-3-12(10)13/h1-4,9,11,14-15,24H,5-8H2,(H2,22,30)(H2,23,31)(H,25,32)/t11-,14+,15-/m0/s1. The van der Waals surface area contributed by atoms with Gasteiger partial charge in [0.05, 0.1) is 6.04 Å². The Morgan fingerprint density at radius 3 is 2.70 bits per heavy atom. The fourth-order valence-corrected chi connectivity index (χ4v) is 4.81. The largest absolute Gasteiger partial charge is 0.364 e. The summed E-state index contributed by atoms with van der Waals surface area (Å²) in [4.78, 5) is 54.4. The summed E-state index contributed by atoms with van der Waals surface area (Å²) in [5.41, 5.74) is 12.1. The smallest absolute Gasteiger partial charge is 0.271 e. The number of hydrogen-bond donors (Lipinski definition) is 4. The van der Waals surface area contributed by atoms with E-state index in [1.54, 1.807) is 4.90 Å². The molecule has 0 spiro atoms. The van der Waals surface area contributed by atoms with Gasteiger partial charge in [0.2, 0.25) is 11.8 Å². The number of carbonyl (C=O) groups is 4. The lowest BCUT2D eigenvalue weighted by molar-refractivity contribution is -0.152. The van der Waals surface area contributed by atoms with Crippen LogP contribution in [-0.4, -0.2) is 67.1 Å². The molecule has 2 aliphatic heterocycles. The van der Waals surface area contributed by atoms with Gasteiger partial charge in [-0.15, -0.1) is 5.10 Å². The first-order chi connectivity index (χ1) is 15.8. The molecule has 3 atom stereocenters. The molecule has 2 aromatic heterocycles. The number of aromatic amines is 1. The summed E-state index contributed by atoms with van der Waals surface area (Å²) in [7, 11) is 0. The number of benzene rings is 1. The number of carbonyl (C=O) groups excluding carboxylic acids is 4. The highest BCUT2D eigenvalue weighted by Crippen LogP contribution is 2.31.